The number of aromatic nitrogens is 3. The molecule has 2 aromatic rings. The van der Waals surface area contributed by atoms with Gasteiger partial charge in [0, 0.05) is 28.6 Å². The number of nitrogens with zero attached hydrogens (tertiary/aromatic N) is 3. The summed E-state index contributed by atoms with van der Waals surface area (Å²) in [7, 11) is 0. The molecule has 20 heavy (non-hydrogen) atoms. The summed E-state index contributed by atoms with van der Waals surface area (Å²) in [6.45, 7) is 4.98. The zero-order chi connectivity index (χ0) is 14.7. The Hall–Kier alpha value is -1.10. The van der Waals surface area contributed by atoms with Gasteiger partial charge in [-0.3, -0.25) is 0 Å². The average molecular weight is 314 g/mol. The van der Waals surface area contributed by atoms with Gasteiger partial charge in [-0.05, 0) is 24.1 Å². The summed E-state index contributed by atoms with van der Waals surface area (Å²) < 4.78 is 1.81. The Morgan fingerprint density at radius 3 is 2.75 bits per heavy atom. The lowest BCUT2D eigenvalue weighted by Crippen LogP contribution is -2.13. The first kappa shape index (κ1) is 15.3. The van der Waals surface area contributed by atoms with Crippen LogP contribution in [-0.4, -0.2) is 19.9 Å². The summed E-state index contributed by atoms with van der Waals surface area (Å²) >= 11 is 12.0. The van der Waals surface area contributed by atoms with Gasteiger partial charge in [-0.15, -0.1) is 0 Å². The van der Waals surface area contributed by atoms with E-state index < -0.39 is 6.10 Å². The van der Waals surface area contributed by atoms with E-state index in [1.165, 1.54) is 6.33 Å². The van der Waals surface area contributed by atoms with E-state index in [1.807, 2.05) is 4.68 Å². The average Bonchev–Trinajstić information content (AvgIpc) is 2.78. The molecule has 0 spiro atoms. The molecular formula is C14H17Cl2N3O. The first-order chi connectivity index (χ1) is 9.47. The topological polar surface area (TPSA) is 50.9 Å². The molecule has 0 amide bonds. The zero-order valence-corrected chi connectivity index (χ0v) is 12.9. The number of hydrogen-bond acceptors (Lipinski definition) is 3. The lowest BCUT2D eigenvalue weighted by molar-refractivity contribution is 0.173. The van der Waals surface area contributed by atoms with Crippen LogP contribution in [0.25, 0.3) is 0 Å². The zero-order valence-electron chi connectivity index (χ0n) is 11.4. The van der Waals surface area contributed by atoms with Gasteiger partial charge in [0.15, 0.2) is 0 Å². The Labute approximate surface area is 128 Å². The summed E-state index contributed by atoms with van der Waals surface area (Å²) in [6, 6.07) is 5.06. The van der Waals surface area contributed by atoms with Crippen LogP contribution in [0.3, 0.4) is 0 Å². The SMILES string of the molecule is CC(C)Cn1ncnc1CC(O)c1cc(Cl)ccc1Cl. The van der Waals surface area contributed by atoms with E-state index in [1.54, 1.807) is 18.2 Å². The van der Waals surface area contributed by atoms with Crippen molar-refractivity contribution in [2.24, 2.45) is 5.92 Å². The number of aliphatic hydroxyl groups is 1. The molecule has 0 aliphatic heterocycles. The molecule has 1 aromatic heterocycles. The number of hydrogen-bond donors (Lipinski definition) is 1. The van der Waals surface area contributed by atoms with E-state index in [9.17, 15) is 5.11 Å². The largest absolute Gasteiger partial charge is 0.388 e. The van der Waals surface area contributed by atoms with Crippen LogP contribution in [-0.2, 0) is 13.0 Å². The van der Waals surface area contributed by atoms with E-state index >= 15 is 0 Å². The maximum Gasteiger partial charge on any atom is 0.138 e. The molecule has 108 valence electrons. The standard InChI is InChI=1S/C14H17Cl2N3O/c1-9(2)7-19-14(17-8-18-19)6-13(20)11-5-10(15)3-4-12(11)16/h3-5,8-9,13,20H,6-7H2,1-2H3. The van der Waals surface area contributed by atoms with Crippen molar-refractivity contribution in [2.45, 2.75) is 32.9 Å². The van der Waals surface area contributed by atoms with Crippen molar-refractivity contribution in [3.63, 3.8) is 0 Å². The predicted octanol–water partition coefficient (Wildman–Crippen LogP) is 3.52. The fourth-order valence-corrected chi connectivity index (χ4v) is 2.42. The summed E-state index contributed by atoms with van der Waals surface area (Å²) in [6.07, 6.45) is 1.10. The summed E-state index contributed by atoms with van der Waals surface area (Å²) in [4.78, 5) is 4.20. The van der Waals surface area contributed by atoms with Gasteiger partial charge in [-0.2, -0.15) is 5.10 Å². The van der Waals surface area contributed by atoms with Gasteiger partial charge in [-0.1, -0.05) is 37.0 Å². The van der Waals surface area contributed by atoms with Crippen LogP contribution in [0, 0.1) is 5.92 Å². The normalized spacial score (nSPS) is 12.9. The van der Waals surface area contributed by atoms with Crippen LogP contribution in [0.1, 0.15) is 31.3 Å². The third-order valence-corrected chi connectivity index (χ3v) is 3.51. The Bertz CT molecular complexity index is 584. The van der Waals surface area contributed by atoms with Crippen molar-refractivity contribution in [1.82, 2.24) is 14.8 Å². The van der Waals surface area contributed by atoms with E-state index in [0.717, 1.165) is 12.4 Å². The minimum atomic E-state index is -0.753. The van der Waals surface area contributed by atoms with Gasteiger partial charge in [0.05, 0.1) is 6.10 Å². The molecule has 4 nitrogen and oxygen atoms in total. The third kappa shape index (κ3) is 3.72. The van der Waals surface area contributed by atoms with Crippen molar-refractivity contribution in [2.75, 3.05) is 0 Å². The van der Waals surface area contributed by atoms with Crippen LogP contribution in [0.2, 0.25) is 10.0 Å². The molecule has 2 rings (SSSR count). The predicted molar refractivity (Wildman–Crippen MR) is 80.0 cm³/mol. The Morgan fingerprint density at radius 2 is 2.05 bits per heavy atom. The Morgan fingerprint density at radius 1 is 1.30 bits per heavy atom. The van der Waals surface area contributed by atoms with E-state index in [-0.39, 0.29) is 0 Å². The molecular weight excluding hydrogens is 297 g/mol. The maximum atomic E-state index is 10.3. The molecule has 0 saturated heterocycles. The second kappa shape index (κ2) is 6.57. The number of rotatable bonds is 5. The maximum absolute atomic E-state index is 10.3. The monoisotopic (exact) mass is 313 g/mol. The number of halogens is 2. The number of aliphatic hydroxyl groups excluding tert-OH is 1. The van der Waals surface area contributed by atoms with Gasteiger partial charge < -0.3 is 5.11 Å². The smallest absolute Gasteiger partial charge is 0.138 e. The van der Waals surface area contributed by atoms with Crippen LogP contribution >= 0.6 is 23.2 Å². The first-order valence-electron chi connectivity index (χ1n) is 6.47. The summed E-state index contributed by atoms with van der Waals surface area (Å²) in [5, 5.41) is 15.6. The van der Waals surface area contributed by atoms with E-state index in [4.69, 9.17) is 23.2 Å². The van der Waals surface area contributed by atoms with E-state index in [2.05, 4.69) is 23.9 Å². The third-order valence-electron chi connectivity index (χ3n) is 2.93. The lowest BCUT2D eigenvalue weighted by atomic mass is 10.1. The van der Waals surface area contributed by atoms with E-state index in [0.29, 0.717) is 27.9 Å². The fourth-order valence-electron chi connectivity index (χ4n) is 2.00. The van der Waals surface area contributed by atoms with Gasteiger partial charge >= 0.3 is 0 Å². The highest BCUT2D eigenvalue weighted by Crippen LogP contribution is 2.28. The highest BCUT2D eigenvalue weighted by molar-refractivity contribution is 6.33. The van der Waals surface area contributed by atoms with Crippen LogP contribution in [0.15, 0.2) is 24.5 Å². The van der Waals surface area contributed by atoms with Gasteiger partial charge in [0.1, 0.15) is 12.2 Å². The fraction of sp³-hybridized carbons (Fsp3) is 0.429. The summed E-state index contributed by atoms with van der Waals surface area (Å²) in [5.41, 5.74) is 0.610. The molecule has 0 aliphatic rings. The molecule has 0 bridgehead atoms. The minimum absolute atomic E-state index is 0.354. The van der Waals surface area contributed by atoms with Crippen molar-refractivity contribution in [3.8, 4) is 0 Å². The lowest BCUT2D eigenvalue weighted by Gasteiger charge is -2.14. The molecule has 1 atom stereocenters. The summed E-state index contributed by atoms with van der Waals surface area (Å²) in [5.74, 6) is 1.20. The molecule has 0 radical (unpaired) electrons. The minimum Gasteiger partial charge on any atom is -0.388 e. The van der Waals surface area contributed by atoms with Gasteiger partial charge in [0.2, 0.25) is 0 Å². The van der Waals surface area contributed by atoms with Crippen molar-refractivity contribution >= 4 is 23.2 Å². The Balaban J connectivity index is 2.17. The van der Waals surface area contributed by atoms with Crippen LogP contribution in [0.5, 0.6) is 0 Å². The number of benzene rings is 1. The molecule has 1 unspecified atom stereocenters. The quantitative estimate of drug-likeness (QED) is 0.919. The van der Waals surface area contributed by atoms with Crippen LogP contribution < -0.4 is 0 Å². The molecule has 6 heteroatoms. The van der Waals surface area contributed by atoms with Gasteiger partial charge in [-0.25, -0.2) is 9.67 Å². The highest BCUT2D eigenvalue weighted by Gasteiger charge is 2.16. The van der Waals surface area contributed by atoms with Crippen LogP contribution in [0.4, 0.5) is 0 Å². The molecule has 0 saturated carbocycles. The highest BCUT2D eigenvalue weighted by atomic mass is 35.5. The Kier molecular flexibility index (Phi) is 5.02. The van der Waals surface area contributed by atoms with Crippen molar-refractivity contribution < 1.29 is 5.11 Å². The second-order valence-electron chi connectivity index (χ2n) is 5.14. The van der Waals surface area contributed by atoms with Gasteiger partial charge in [0.25, 0.3) is 0 Å². The molecule has 0 fully saturated rings. The molecule has 1 N–H and O–H groups in total. The first-order valence-corrected chi connectivity index (χ1v) is 7.22. The molecule has 1 aromatic carbocycles. The molecule has 0 aliphatic carbocycles. The van der Waals surface area contributed by atoms with Crippen molar-refractivity contribution in [3.05, 3.63) is 46.0 Å². The van der Waals surface area contributed by atoms with Crippen molar-refractivity contribution in [1.29, 1.82) is 0 Å². The molecule has 1 heterocycles. The second-order valence-corrected chi connectivity index (χ2v) is 5.98.